The SMILES string of the molecule is COc1cc(CN2CCC(CCO)(c3ccc(Cl)c(Cl)c3)C2)cc(OC)c1OC.Cl. The van der Waals surface area contributed by atoms with Crippen LogP contribution in [0.5, 0.6) is 17.2 Å². The van der Waals surface area contributed by atoms with Gasteiger partial charge in [-0.15, -0.1) is 12.4 Å². The molecule has 5 nitrogen and oxygen atoms in total. The van der Waals surface area contributed by atoms with E-state index in [9.17, 15) is 5.11 Å². The van der Waals surface area contributed by atoms with Crippen molar-refractivity contribution in [1.82, 2.24) is 4.90 Å². The molecule has 0 bridgehead atoms. The van der Waals surface area contributed by atoms with Gasteiger partial charge in [0, 0.05) is 25.1 Å². The summed E-state index contributed by atoms with van der Waals surface area (Å²) in [5, 5.41) is 10.8. The second-order valence-electron chi connectivity index (χ2n) is 7.38. The number of aliphatic hydroxyl groups excluding tert-OH is 1. The van der Waals surface area contributed by atoms with Gasteiger partial charge in [0.2, 0.25) is 5.75 Å². The third-order valence-corrected chi connectivity index (χ3v) is 6.42. The zero-order valence-corrected chi connectivity index (χ0v) is 19.7. The summed E-state index contributed by atoms with van der Waals surface area (Å²) < 4.78 is 16.4. The van der Waals surface area contributed by atoms with Gasteiger partial charge in [0.1, 0.15) is 0 Å². The molecule has 1 unspecified atom stereocenters. The molecule has 1 saturated heterocycles. The van der Waals surface area contributed by atoms with E-state index in [0.717, 1.165) is 37.2 Å². The van der Waals surface area contributed by atoms with Crippen molar-refractivity contribution >= 4 is 35.6 Å². The summed E-state index contributed by atoms with van der Waals surface area (Å²) in [5.41, 5.74) is 2.05. The van der Waals surface area contributed by atoms with Gasteiger partial charge in [-0.25, -0.2) is 0 Å². The first-order valence-corrected chi connectivity index (χ1v) is 10.3. The number of nitrogens with zero attached hydrogens (tertiary/aromatic N) is 1. The number of methoxy groups -OCH3 is 3. The fraction of sp³-hybridized carbons (Fsp3) is 0.455. The number of ether oxygens (including phenoxy) is 3. The van der Waals surface area contributed by atoms with Crippen LogP contribution in [-0.2, 0) is 12.0 Å². The molecule has 1 aliphatic rings. The molecule has 3 rings (SSSR count). The van der Waals surface area contributed by atoms with Crippen molar-refractivity contribution in [2.24, 2.45) is 0 Å². The van der Waals surface area contributed by atoms with Crippen molar-refractivity contribution in [3.63, 3.8) is 0 Å². The molecule has 0 aromatic heterocycles. The Hall–Kier alpha value is -1.37. The zero-order valence-electron chi connectivity index (χ0n) is 17.4. The number of rotatable bonds is 8. The Morgan fingerprint density at radius 1 is 1.00 bits per heavy atom. The van der Waals surface area contributed by atoms with E-state index >= 15 is 0 Å². The minimum absolute atomic E-state index is 0. The summed E-state index contributed by atoms with van der Waals surface area (Å²) in [5.74, 6) is 1.88. The smallest absolute Gasteiger partial charge is 0.203 e. The predicted molar refractivity (Wildman–Crippen MR) is 123 cm³/mol. The largest absolute Gasteiger partial charge is 0.493 e. The van der Waals surface area contributed by atoms with Crippen LogP contribution in [0.4, 0.5) is 0 Å². The van der Waals surface area contributed by atoms with E-state index in [2.05, 4.69) is 4.90 Å². The van der Waals surface area contributed by atoms with E-state index in [-0.39, 0.29) is 24.4 Å². The Morgan fingerprint density at radius 3 is 2.20 bits per heavy atom. The van der Waals surface area contributed by atoms with Gasteiger partial charge < -0.3 is 19.3 Å². The molecular weight excluding hydrogens is 449 g/mol. The minimum Gasteiger partial charge on any atom is -0.493 e. The summed E-state index contributed by atoms with van der Waals surface area (Å²) in [6, 6.07) is 9.74. The number of hydrogen-bond donors (Lipinski definition) is 1. The highest BCUT2D eigenvalue weighted by Gasteiger charge is 2.39. The summed E-state index contributed by atoms with van der Waals surface area (Å²) in [6.45, 7) is 2.60. The van der Waals surface area contributed by atoms with E-state index in [0.29, 0.717) is 33.7 Å². The van der Waals surface area contributed by atoms with Crippen molar-refractivity contribution in [3.8, 4) is 17.2 Å². The molecule has 8 heteroatoms. The van der Waals surface area contributed by atoms with E-state index in [4.69, 9.17) is 37.4 Å². The lowest BCUT2D eigenvalue weighted by Gasteiger charge is -2.30. The molecule has 1 N–H and O–H groups in total. The quantitative estimate of drug-likeness (QED) is 0.583. The Morgan fingerprint density at radius 2 is 1.67 bits per heavy atom. The van der Waals surface area contributed by atoms with Crippen molar-refractivity contribution in [2.45, 2.75) is 24.8 Å². The molecule has 1 fully saturated rings. The van der Waals surface area contributed by atoms with Crippen molar-refractivity contribution in [1.29, 1.82) is 0 Å². The van der Waals surface area contributed by atoms with Crippen LogP contribution < -0.4 is 14.2 Å². The van der Waals surface area contributed by atoms with Gasteiger partial charge in [-0.05, 0) is 54.8 Å². The maximum Gasteiger partial charge on any atom is 0.203 e. The maximum absolute atomic E-state index is 9.72. The fourth-order valence-electron chi connectivity index (χ4n) is 4.20. The highest BCUT2D eigenvalue weighted by Crippen LogP contribution is 2.42. The third-order valence-electron chi connectivity index (χ3n) is 5.69. The van der Waals surface area contributed by atoms with E-state index in [1.54, 1.807) is 21.3 Å². The normalized spacial score (nSPS) is 18.7. The Balaban J connectivity index is 0.00000320. The molecule has 1 aliphatic heterocycles. The van der Waals surface area contributed by atoms with Gasteiger partial charge in [0.15, 0.2) is 11.5 Å². The number of benzene rings is 2. The first-order chi connectivity index (χ1) is 14.0. The molecule has 1 atom stereocenters. The van der Waals surface area contributed by atoms with Crippen LogP contribution in [0, 0.1) is 0 Å². The molecule has 0 amide bonds. The first-order valence-electron chi connectivity index (χ1n) is 9.54. The second kappa shape index (κ2) is 10.8. The summed E-state index contributed by atoms with van der Waals surface area (Å²) in [7, 11) is 4.84. The Kier molecular flexibility index (Phi) is 8.95. The molecule has 0 spiro atoms. The van der Waals surface area contributed by atoms with Crippen LogP contribution in [0.1, 0.15) is 24.0 Å². The predicted octanol–water partition coefficient (Wildman–Crippen LogP) is 4.97. The number of aliphatic hydroxyl groups is 1. The molecule has 2 aromatic rings. The summed E-state index contributed by atoms with van der Waals surface area (Å²) in [6.07, 6.45) is 1.62. The van der Waals surface area contributed by atoms with E-state index < -0.39 is 0 Å². The summed E-state index contributed by atoms with van der Waals surface area (Å²) in [4.78, 5) is 2.37. The maximum atomic E-state index is 9.72. The molecule has 30 heavy (non-hydrogen) atoms. The topological polar surface area (TPSA) is 51.2 Å². The van der Waals surface area contributed by atoms with Crippen molar-refractivity contribution < 1.29 is 19.3 Å². The zero-order chi connectivity index (χ0) is 21.0. The molecule has 166 valence electrons. The number of halogens is 3. The van der Waals surface area contributed by atoms with Crippen LogP contribution in [0.25, 0.3) is 0 Å². The van der Waals surface area contributed by atoms with Gasteiger partial charge >= 0.3 is 0 Å². The lowest BCUT2D eigenvalue weighted by Crippen LogP contribution is -2.32. The number of likely N-dealkylation sites (tertiary alicyclic amines) is 1. The van der Waals surface area contributed by atoms with E-state index in [1.165, 1.54) is 0 Å². The van der Waals surface area contributed by atoms with Crippen LogP contribution in [0.2, 0.25) is 10.0 Å². The van der Waals surface area contributed by atoms with Gasteiger partial charge in [0.05, 0.1) is 31.4 Å². The third kappa shape index (κ3) is 5.09. The summed E-state index contributed by atoms with van der Waals surface area (Å²) >= 11 is 12.4. The van der Waals surface area contributed by atoms with Gasteiger partial charge in [-0.1, -0.05) is 29.3 Å². The van der Waals surface area contributed by atoms with Gasteiger partial charge in [-0.3, -0.25) is 4.90 Å². The minimum atomic E-state index is -0.149. The van der Waals surface area contributed by atoms with Gasteiger partial charge in [0.25, 0.3) is 0 Å². The molecular formula is C22H28Cl3NO4. The first kappa shape index (κ1) is 24.9. The second-order valence-corrected chi connectivity index (χ2v) is 8.19. The fourth-order valence-corrected chi connectivity index (χ4v) is 4.50. The highest BCUT2D eigenvalue weighted by atomic mass is 35.5. The van der Waals surface area contributed by atoms with Crippen LogP contribution >= 0.6 is 35.6 Å². The molecule has 0 radical (unpaired) electrons. The molecule has 0 saturated carbocycles. The van der Waals surface area contributed by atoms with Crippen molar-refractivity contribution in [3.05, 3.63) is 51.5 Å². The van der Waals surface area contributed by atoms with Gasteiger partial charge in [-0.2, -0.15) is 0 Å². The molecule has 1 heterocycles. The lowest BCUT2D eigenvalue weighted by atomic mass is 9.77. The van der Waals surface area contributed by atoms with Crippen LogP contribution in [0.15, 0.2) is 30.3 Å². The Labute approximate surface area is 194 Å². The van der Waals surface area contributed by atoms with Crippen LogP contribution in [0.3, 0.4) is 0 Å². The van der Waals surface area contributed by atoms with Crippen LogP contribution in [-0.4, -0.2) is 51.0 Å². The van der Waals surface area contributed by atoms with E-state index in [1.807, 2.05) is 30.3 Å². The lowest BCUT2D eigenvalue weighted by molar-refractivity contribution is 0.227. The average Bonchev–Trinajstić information content (AvgIpc) is 3.13. The standard InChI is InChI=1S/C22H27Cl2NO4.ClH/c1-27-19-10-15(11-20(28-2)21(19)29-3)13-25-8-6-22(14-25,7-9-26)16-4-5-17(23)18(24)12-16;/h4-5,10-12,26H,6-9,13-14H2,1-3H3;1H. The average molecular weight is 477 g/mol. The number of hydrogen-bond acceptors (Lipinski definition) is 5. The highest BCUT2D eigenvalue weighted by molar-refractivity contribution is 6.42. The van der Waals surface area contributed by atoms with Crippen molar-refractivity contribution in [2.75, 3.05) is 41.0 Å². The Bertz CT molecular complexity index is 839. The molecule has 2 aromatic carbocycles. The monoisotopic (exact) mass is 475 g/mol. The molecule has 0 aliphatic carbocycles.